The highest BCUT2D eigenvalue weighted by molar-refractivity contribution is 6.23. The van der Waals surface area contributed by atoms with Gasteiger partial charge < -0.3 is 4.42 Å². The van der Waals surface area contributed by atoms with Gasteiger partial charge in [-0.3, -0.25) is 0 Å². The summed E-state index contributed by atoms with van der Waals surface area (Å²) < 4.78 is 86.2. The summed E-state index contributed by atoms with van der Waals surface area (Å²) in [6.45, 7) is 0. The summed E-state index contributed by atoms with van der Waals surface area (Å²) in [6.07, 6.45) is 0. The maximum Gasteiger partial charge on any atom is 0.143 e. The highest BCUT2D eigenvalue weighted by Gasteiger charge is 2.20. The van der Waals surface area contributed by atoms with Crippen LogP contribution in [0.25, 0.3) is 88.0 Å². The van der Waals surface area contributed by atoms with Gasteiger partial charge >= 0.3 is 0 Å². The molecule has 0 N–H and O–H groups in total. The van der Waals surface area contributed by atoms with E-state index in [4.69, 9.17) is 14.0 Å². The van der Waals surface area contributed by atoms with Gasteiger partial charge in [0, 0.05) is 16.3 Å². The van der Waals surface area contributed by atoms with Gasteiger partial charge in [0.2, 0.25) is 0 Å². The third kappa shape index (κ3) is 4.17. The first-order valence-electron chi connectivity index (χ1n) is 19.2. The molecule has 0 amide bonds. The lowest BCUT2D eigenvalue weighted by molar-refractivity contribution is 0.670. The van der Waals surface area contributed by atoms with Gasteiger partial charge in [-0.15, -0.1) is 0 Å². The second kappa shape index (κ2) is 10.4. The van der Waals surface area contributed by atoms with E-state index in [0.717, 1.165) is 21.7 Å². The Morgan fingerprint density at radius 2 is 0.911 bits per heavy atom. The molecule has 8 aromatic carbocycles. The summed E-state index contributed by atoms with van der Waals surface area (Å²) in [6, 6.07) is 33.1. The van der Waals surface area contributed by atoms with Crippen molar-refractivity contribution in [3.05, 3.63) is 170 Å². The molecule has 9 rings (SSSR count). The van der Waals surface area contributed by atoms with Crippen molar-refractivity contribution in [1.29, 1.82) is 0 Å². The summed E-state index contributed by atoms with van der Waals surface area (Å²) in [5.74, 6) is 0. The van der Waals surface area contributed by atoms with Gasteiger partial charge in [-0.25, -0.2) is 0 Å². The molecule has 0 aliphatic carbocycles. The van der Waals surface area contributed by atoms with Gasteiger partial charge in [0.25, 0.3) is 0 Å². The minimum atomic E-state index is -0.482. The summed E-state index contributed by atoms with van der Waals surface area (Å²) in [5.41, 5.74) is 4.46. The fraction of sp³-hybridized carbons (Fsp3) is 0. The summed E-state index contributed by atoms with van der Waals surface area (Å²) >= 11 is 0. The first kappa shape index (κ1) is 18.0. The molecule has 0 spiro atoms. The molecule has 0 saturated carbocycles. The molecule has 0 radical (unpaired) electrons. The Bertz CT molecular complexity index is 2930. The van der Waals surface area contributed by atoms with Crippen LogP contribution in [0.1, 0.15) is 12.3 Å². The Balaban J connectivity index is 1.42. The van der Waals surface area contributed by atoms with Gasteiger partial charge in [0.05, 0.1) is 12.3 Å². The average Bonchev–Trinajstić information content (AvgIpc) is 3.57. The smallest absolute Gasteiger partial charge is 0.143 e. The second-order valence-electron chi connectivity index (χ2n) is 11.0. The number of hydrogen-bond donors (Lipinski definition) is 0. The Hall–Kier alpha value is -5.92. The molecule has 0 unspecified atom stereocenters. The SMILES string of the molecule is [2H]c1c([2H])c([2H])c(-c2cc(-c3c4ccccc4c(-c4c([2H])c([2H])c(-c5ccccc5)c([2H])c4[2H])c4ccccc34)cc3c2oc2ccccc23)c([2H])c1[2H]. The zero-order valence-corrected chi connectivity index (χ0v) is 23.9. The first-order chi connectivity index (χ1) is 26.1. The van der Waals surface area contributed by atoms with E-state index >= 15 is 0 Å². The largest absolute Gasteiger partial charge is 0.455 e. The van der Waals surface area contributed by atoms with Crippen LogP contribution in [0, 0.1) is 0 Å². The van der Waals surface area contributed by atoms with Crippen molar-refractivity contribution in [2.24, 2.45) is 0 Å². The highest BCUT2D eigenvalue weighted by atomic mass is 16.3. The molecule has 210 valence electrons. The van der Waals surface area contributed by atoms with Gasteiger partial charge in [0.15, 0.2) is 0 Å². The molecule has 1 heterocycles. The van der Waals surface area contributed by atoms with E-state index in [9.17, 15) is 2.74 Å². The number of hydrogen-bond acceptors (Lipinski definition) is 1. The molecule has 1 aromatic heterocycles. The molecular weight excluding hydrogens is 544 g/mol. The molecule has 0 bridgehead atoms. The lowest BCUT2D eigenvalue weighted by atomic mass is 9.84. The minimum absolute atomic E-state index is 0.0271. The zero-order valence-electron chi connectivity index (χ0n) is 32.9. The Morgan fingerprint density at radius 1 is 0.378 bits per heavy atom. The van der Waals surface area contributed by atoms with Gasteiger partial charge in [-0.1, -0.05) is 151 Å². The molecule has 45 heavy (non-hydrogen) atoms. The van der Waals surface area contributed by atoms with Crippen LogP contribution in [0.5, 0.6) is 0 Å². The zero-order chi connectivity index (χ0) is 37.6. The van der Waals surface area contributed by atoms with Gasteiger partial charge in [0.1, 0.15) is 11.2 Å². The predicted octanol–water partition coefficient (Wildman–Crippen LogP) is 12.6. The number of fused-ring (bicyclic) bond motifs is 5. The molecule has 0 aliphatic rings. The quantitative estimate of drug-likeness (QED) is 0.188. The molecular formula is C44H28O. The molecule has 1 heteroatoms. The van der Waals surface area contributed by atoms with Gasteiger partial charge in [-0.05, 0) is 78.7 Å². The Morgan fingerprint density at radius 3 is 1.56 bits per heavy atom. The monoisotopic (exact) mass is 581 g/mol. The fourth-order valence-electron chi connectivity index (χ4n) is 6.44. The third-order valence-corrected chi connectivity index (χ3v) is 8.41. The van der Waals surface area contributed by atoms with Crippen LogP contribution >= 0.6 is 0 Å². The Labute approximate surface area is 274 Å². The van der Waals surface area contributed by atoms with E-state index in [1.807, 2.05) is 103 Å². The average molecular weight is 582 g/mol. The van der Waals surface area contributed by atoms with E-state index in [0.29, 0.717) is 49.6 Å². The molecule has 0 atom stereocenters. The molecule has 0 saturated heterocycles. The normalized spacial score (nSPS) is 14.4. The summed E-state index contributed by atoms with van der Waals surface area (Å²) in [4.78, 5) is 0. The molecule has 0 fully saturated rings. The van der Waals surface area contributed by atoms with Crippen LogP contribution in [-0.4, -0.2) is 0 Å². The lowest BCUT2D eigenvalue weighted by Gasteiger charge is -2.18. The van der Waals surface area contributed by atoms with E-state index in [1.165, 1.54) is 0 Å². The Kier molecular flexibility index (Phi) is 4.15. The molecule has 1 nitrogen and oxygen atoms in total. The van der Waals surface area contributed by atoms with Crippen molar-refractivity contribution in [2.75, 3.05) is 0 Å². The predicted molar refractivity (Wildman–Crippen MR) is 190 cm³/mol. The lowest BCUT2D eigenvalue weighted by Crippen LogP contribution is -1.91. The second-order valence-corrected chi connectivity index (χ2v) is 11.0. The standard InChI is InChI=1S/C44H28O/c1-3-13-29(14-4-1)30-23-25-32(26-24-30)42-35-18-7-9-20-37(35)43(38-21-10-8-19-36(38)42)33-27-39(31-15-5-2-6-16-31)44-40(28-33)34-17-11-12-22-41(34)45-44/h1-28H/i2D,5D,6D,15D,16D,23D,24D,25D,26D. The minimum Gasteiger partial charge on any atom is -0.455 e. The number of rotatable bonds is 4. The topological polar surface area (TPSA) is 13.1 Å². The van der Waals surface area contributed by atoms with Crippen molar-refractivity contribution < 1.29 is 16.8 Å². The van der Waals surface area contributed by atoms with E-state index in [-0.39, 0.29) is 52.9 Å². The third-order valence-electron chi connectivity index (χ3n) is 8.41. The van der Waals surface area contributed by atoms with E-state index < -0.39 is 18.1 Å². The first-order valence-corrected chi connectivity index (χ1v) is 14.7. The van der Waals surface area contributed by atoms with Crippen LogP contribution in [-0.2, 0) is 0 Å². The maximum atomic E-state index is 9.31. The van der Waals surface area contributed by atoms with Crippen LogP contribution in [0.4, 0.5) is 0 Å². The van der Waals surface area contributed by atoms with Crippen LogP contribution in [0.15, 0.2) is 174 Å². The van der Waals surface area contributed by atoms with Gasteiger partial charge in [-0.2, -0.15) is 0 Å². The fourth-order valence-corrected chi connectivity index (χ4v) is 6.44. The van der Waals surface area contributed by atoms with Crippen molar-refractivity contribution >= 4 is 43.5 Å². The van der Waals surface area contributed by atoms with E-state index in [1.54, 1.807) is 12.1 Å². The maximum absolute atomic E-state index is 9.31. The number of benzene rings is 8. The number of para-hydroxylation sites is 1. The molecule has 9 aromatic rings. The van der Waals surface area contributed by atoms with Crippen LogP contribution in [0.2, 0.25) is 0 Å². The summed E-state index contributed by atoms with van der Waals surface area (Å²) in [5, 5.41) is 4.47. The highest BCUT2D eigenvalue weighted by Crippen LogP contribution is 2.46. The molecule has 0 aliphatic heterocycles. The van der Waals surface area contributed by atoms with Crippen molar-refractivity contribution in [3.8, 4) is 44.5 Å². The van der Waals surface area contributed by atoms with Crippen LogP contribution < -0.4 is 0 Å². The number of furan rings is 1. The van der Waals surface area contributed by atoms with Crippen molar-refractivity contribution in [2.45, 2.75) is 0 Å². The summed E-state index contributed by atoms with van der Waals surface area (Å²) in [7, 11) is 0. The van der Waals surface area contributed by atoms with Crippen molar-refractivity contribution in [1.82, 2.24) is 0 Å². The van der Waals surface area contributed by atoms with Crippen LogP contribution in [0.3, 0.4) is 0 Å². The van der Waals surface area contributed by atoms with Crippen molar-refractivity contribution in [3.63, 3.8) is 0 Å². The van der Waals surface area contributed by atoms with E-state index in [2.05, 4.69) is 0 Å².